The number of aromatic nitrogens is 2. The fraction of sp³-hybridized carbons (Fsp3) is 0.542. The lowest BCUT2D eigenvalue weighted by Crippen LogP contribution is -2.61. The van der Waals surface area contributed by atoms with Gasteiger partial charge in [-0.2, -0.15) is 0 Å². The van der Waals surface area contributed by atoms with Gasteiger partial charge in [-0.05, 0) is 37.8 Å². The molecule has 0 bridgehead atoms. The highest BCUT2D eigenvalue weighted by Crippen LogP contribution is 2.39. The van der Waals surface area contributed by atoms with Gasteiger partial charge >= 0.3 is 6.01 Å². The Balaban J connectivity index is 1.61. The lowest BCUT2D eigenvalue weighted by atomic mass is 9.70. The second-order valence-electron chi connectivity index (χ2n) is 9.22. The van der Waals surface area contributed by atoms with Crippen molar-refractivity contribution in [3.8, 4) is 6.01 Å². The monoisotopic (exact) mass is 411 g/mol. The summed E-state index contributed by atoms with van der Waals surface area (Å²) in [4.78, 5) is 23.4. The minimum atomic E-state index is -1.06. The molecule has 2 atom stereocenters. The highest BCUT2D eigenvalue weighted by molar-refractivity contribution is 5.77. The average molecular weight is 412 g/mol. The summed E-state index contributed by atoms with van der Waals surface area (Å²) in [6.07, 6.45) is 0.918. The quantitative estimate of drug-likeness (QED) is 0.785. The van der Waals surface area contributed by atoms with E-state index in [2.05, 4.69) is 29.0 Å². The van der Waals surface area contributed by atoms with E-state index >= 15 is 0 Å². The van der Waals surface area contributed by atoms with Gasteiger partial charge in [0.05, 0.1) is 0 Å². The molecule has 1 fully saturated rings. The van der Waals surface area contributed by atoms with Crippen molar-refractivity contribution in [3.05, 3.63) is 53.3 Å². The molecule has 2 heterocycles. The first-order chi connectivity index (χ1) is 14.1. The van der Waals surface area contributed by atoms with Gasteiger partial charge in [0.15, 0.2) is 0 Å². The van der Waals surface area contributed by atoms with E-state index < -0.39 is 11.0 Å². The van der Waals surface area contributed by atoms with E-state index in [1.807, 2.05) is 56.9 Å². The van der Waals surface area contributed by atoms with Crippen molar-refractivity contribution < 1.29 is 14.6 Å². The minimum absolute atomic E-state index is 0.103. The molecule has 1 aromatic heterocycles. The molecular formula is C24H33N3O3. The first kappa shape index (κ1) is 22.2. The van der Waals surface area contributed by atoms with Crippen LogP contribution in [-0.2, 0) is 4.79 Å². The van der Waals surface area contributed by atoms with Crippen LogP contribution in [0.15, 0.2) is 36.4 Å². The minimum Gasteiger partial charge on any atom is -0.460 e. The van der Waals surface area contributed by atoms with Crippen LogP contribution in [-0.4, -0.2) is 51.2 Å². The third-order valence-electron chi connectivity index (χ3n) is 6.25. The topological polar surface area (TPSA) is 75.6 Å². The molecule has 0 saturated carbocycles. The lowest BCUT2D eigenvalue weighted by molar-refractivity contribution is -0.158. The number of rotatable bonds is 6. The predicted molar refractivity (Wildman–Crippen MR) is 116 cm³/mol. The summed E-state index contributed by atoms with van der Waals surface area (Å²) in [5.74, 6) is 0.285. The summed E-state index contributed by atoms with van der Waals surface area (Å²) in [7, 11) is 0. The molecule has 6 heteroatoms. The van der Waals surface area contributed by atoms with E-state index in [-0.39, 0.29) is 24.4 Å². The number of amides is 1. The van der Waals surface area contributed by atoms with Gasteiger partial charge in [-0.25, -0.2) is 9.97 Å². The van der Waals surface area contributed by atoms with E-state index in [1.165, 1.54) is 5.56 Å². The summed E-state index contributed by atoms with van der Waals surface area (Å²) in [5.41, 5.74) is 1.25. The molecule has 0 aliphatic carbocycles. The molecule has 2 aromatic rings. The SMILES string of the molecule is Cc1cc(C)nc(OC[C@]2(O)CCN(C(=O)C[C@@H](C)c3ccccc3)CC2(C)C)n1. The van der Waals surface area contributed by atoms with E-state index in [1.54, 1.807) is 0 Å². The number of likely N-dealkylation sites (tertiary alicyclic amines) is 1. The maximum Gasteiger partial charge on any atom is 0.316 e. The molecule has 1 aromatic carbocycles. The zero-order chi connectivity index (χ0) is 21.9. The van der Waals surface area contributed by atoms with E-state index in [0.717, 1.165) is 11.4 Å². The molecule has 1 saturated heterocycles. The molecule has 3 rings (SSSR count). The van der Waals surface area contributed by atoms with Crippen molar-refractivity contribution in [3.63, 3.8) is 0 Å². The smallest absolute Gasteiger partial charge is 0.316 e. The number of ether oxygens (including phenoxy) is 1. The molecule has 0 unspecified atom stereocenters. The molecule has 162 valence electrons. The number of aryl methyl sites for hydroxylation is 2. The van der Waals surface area contributed by atoms with E-state index in [4.69, 9.17) is 4.74 Å². The second kappa shape index (κ2) is 8.72. The Labute approximate surface area is 179 Å². The molecule has 1 N–H and O–H groups in total. The first-order valence-electron chi connectivity index (χ1n) is 10.6. The number of hydrogen-bond donors (Lipinski definition) is 1. The van der Waals surface area contributed by atoms with Crippen molar-refractivity contribution in [2.24, 2.45) is 5.41 Å². The molecule has 1 aliphatic heterocycles. The van der Waals surface area contributed by atoms with Gasteiger partial charge in [-0.3, -0.25) is 4.79 Å². The zero-order valence-electron chi connectivity index (χ0n) is 18.7. The van der Waals surface area contributed by atoms with Crippen molar-refractivity contribution in [2.45, 2.75) is 59.0 Å². The van der Waals surface area contributed by atoms with Gasteiger partial charge < -0.3 is 14.7 Å². The van der Waals surface area contributed by atoms with Crippen molar-refractivity contribution in [1.82, 2.24) is 14.9 Å². The fourth-order valence-corrected chi connectivity index (χ4v) is 4.07. The first-order valence-corrected chi connectivity index (χ1v) is 10.6. The Bertz CT molecular complexity index is 864. The highest BCUT2D eigenvalue weighted by atomic mass is 16.5. The largest absolute Gasteiger partial charge is 0.460 e. The van der Waals surface area contributed by atoms with Gasteiger partial charge in [0.2, 0.25) is 5.91 Å². The average Bonchev–Trinajstić information content (AvgIpc) is 2.68. The van der Waals surface area contributed by atoms with Crippen LogP contribution < -0.4 is 4.74 Å². The van der Waals surface area contributed by atoms with E-state index in [0.29, 0.717) is 25.9 Å². The number of carbonyl (C=O) groups excluding carboxylic acids is 1. The van der Waals surface area contributed by atoms with Crippen LogP contribution in [0.25, 0.3) is 0 Å². The highest BCUT2D eigenvalue weighted by Gasteiger charge is 2.49. The Morgan fingerprint density at radius 2 is 1.83 bits per heavy atom. The van der Waals surface area contributed by atoms with Crippen molar-refractivity contribution in [1.29, 1.82) is 0 Å². The van der Waals surface area contributed by atoms with E-state index in [9.17, 15) is 9.90 Å². The lowest BCUT2D eigenvalue weighted by Gasteiger charge is -2.49. The van der Waals surface area contributed by atoms with Crippen LogP contribution >= 0.6 is 0 Å². The van der Waals surface area contributed by atoms with Gasteiger partial charge in [0.25, 0.3) is 0 Å². The number of aliphatic hydroxyl groups is 1. The summed E-state index contributed by atoms with van der Waals surface area (Å²) in [6, 6.07) is 12.3. The third-order valence-corrected chi connectivity index (χ3v) is 6.25. The van der Waals surface area contributed by atoms with Crippen LogP contribution in [0.1, 0.15) is 56.5 Å². The summed E-state index contributed by atoms with van der Waals surface area (Å²) >= 11 is 0. The molecule has 1 amide bonds. The molecular weight excluding hydrogens is 378 g/mol. The molecule has 0 radical (unpaired) electrons. The Morgan fingerprint density at radius 3 is 2.43 bits per heavy atom. The number of benzene rings is 1. The van der Waals surface area contributed by atoms with Crippen LogP contribution in [0.5, 0.6) is 6.01 Å². The molecule has 6 nitrogen and oxygen atoms in total. The van der Waals surface area contributed by atoms with Crippen molar-refractivity contribution >= 4 is 5.91 Å². The van der Waals surface area contributed by atoms with Gasteiger partial charge in [0.1, 0.15) is 12.2 Å². The standard InChI is InChI=1S/C24H33N3O3/c1-17(20-9-7-6-8-10-20)13-21(28)27-12-11-24(29,23(4,5)15-27)16-30-22-25-18(2)14-19(3)26-22/h6-10,14,17,29H,11-13,15-16H2,1-5H3/t17-,24-/m1/s1. The molecule has 1 aliphatic rings. The number of hydrogen-bond acceptors (Lipinski definition) is 5. The second-order valence-corrected chi connectivity index (χ2v) is 9.22. The molecule has 30 heavy (non-hydrogen) atoms. The van der Waals surface area contributed by atoms with Crippen LogP contribution in [0.2, 0.25) is 0 Å². The predicted octanol–water partition coefficient (Wildman–Crippen LogP) is 3.66. The number of carbonyl (C=O) groups is 1. The Morgan fingerprint density at radius 1 is 1.20 bits per heavy atom. The van der Waals surface area contributed by atoms with Crippen LogP contribution in [0, 0.1) is 19.3 Å². The fourth-order valence-electron chi connectivity index (χ4n) is 4.07. The number of nitrogens with zero attached hydrogens (tertiary/aromatic N) is 3. The third kappa shape index (κ3) is 4.98. The maximum atomic E-state index is 12.9. The summed E-state index contributed by atoms with van der Waals surface area (Å²) < 4.78 is 5.79. The summed E-state index contributed by atoms with van der Waals surface area (Å²) in [6.45, 7) is 10.9. The summed E-state index contributed by atoms with van der Waals surface area (Å²) in [5, 5.41) is 11.3. The Hall–Kier alpha value is -2.47. The normalized spacial score (nSPS) is 21.9. The van der Waals surface area contributed by atoms with Crippen LogP contribution in [0.4, 0.5) is 0 Å². The maximum absolute atomic E-state index is 12.9. The Kier molecular flexibility index (Phi) is 6.46. The van der Waals surface area contributed by atoms with Gasteiger partial charge in [-0.1, -0.05) is 51.1 Å². The number of piperidine rings is 1. The van der Waals surface area contributed by atoms with Gasteiger partial charge in [-0.15, -0.1) is 0 Å². The zero-order valence-corrected chi connectivity index (χ0v) is 18.7. The van der Waals surface area contributed by atoms with Crippen molar-refractivity contribution in [2.75, 3.05) is 19.7 Å². The molecule has 0 spiro atoms. The van der Waals surface area contributed by atoms with Gasteiger partial charge in [0, 0.05) is 36.3 Å². The van der Waals surface area contributed by atoms with Crippen LogP contribution in [0.3, 0.4) is 0 Å².